The van der Waals surface area contributed by atoms with Crippen LogP contribution in [0.25, 0.3) is 0 Å². The van der Waals surface area contributed by atoms with E-state index in [9.17, 15) is 9.18 Å². The Kier molecular flexibility index (Phi) is 5.28. The van der Waals surface area contributed by atoms with Crippen molar-refractivity contribution >= 4 is 5.91 Å². The van der Waals surface area contributed by atoms with Crippen molar-refractivity contribution in [3.8, 4) is 5.75 Å². The van der Waals surface area contributed by atoms with Gasteiger partial charge in [0.1, 0.15) is 0 Å². The Balaban J connectivity index is 2.17. The fourth-order valence-corrected chi connectivity index (χ4v) is 1.12. The summed E-state index contributed by atoms with van der Waals surface area (Å²) in [4.78, 5) is 10.8. The number of hydrogen-bond acceptors (Lipinski definition) is 3. The zero-order chi connectivity index (χ0) is 11.8. The summed E-state index contributed by atoms with van der Waals surface area (Å²) in [6.45, 7) is 0.810. The highest BCUT2D eigenvalue weighted by Crippen LogP contribution is 2.15. The van der Waals surface area contributed by atoms with Gasteiger partial charge in [0.15, 0.2) is 11.6 Å². The first kappa shape index (κ1) is 12.4. The molecule has 88 valence electrons. The molecule has 3 N–H and O–H groups in total. The summed E-state index contributed by atoms with van der Waals surface area (Å²) >= 11 is 0. The van der Waals surface area contributed by atoms with E-state index >= 15 is 0 Å². The highest BCUT2D eigenvalue weighted by molar-refractivity contribution is 5.77. The zero-order valence-corrected chi connectivity index (χ0v) is 8.91. The fraction of sp³-hybridized carbons (Fsp3) is 0.364. The molecule has 5 heteroatoms. The van der Waals surface area contributed by atoms with E-state index < -0.39 is 0 Å². The molecule has 0 spiro atoms. The van der Waals surface area contributed by atoms with Crippen molar-refractivity contribution in [2.45, 2.75) is 6.42 Å². The van der Waals surface area contributed by atoms with Gasteiger partial charge in [-0.05, 0) is 18.6 Å². The van der Waals surface area contributed by atoms with Crippen LogP contribution < -0.4 is 15.8 Å². The first-order valence-corrected chi connectivity index (χ1v) is 5.08. The molecule has 0 radical (unpaired) electrons. The number of benzene rings is 1. The van der Waals surface area contributed by atoms with Gasteiger partial charge in [0.25, 0.3) is 0 Å². The molecule has 0 heterocycles. The van der Waals surface area contributed by atoms with E-state index in [1.165, 1.54) is 6.07 Å². The third-order valence-corrected chi connectivity index (χ3v) is 1.92. The van der Waals surface area contributed by atoms with Gasteiger partial charge in [0, 0.05) is 6.54 Å². The Hall–Kier alpha value is -1.62. The summed E-state index contributed by atoms with van der Waals surface area (Å²) in [7, 11) is 0. The third kappa shape index (κ3) is 4.27. The van der Waals surface area contributed by atoms with Crippen LogP contribution in [0.4, 0.5) is 4.39 Å². The van der Waals surface area contributed by atoms with Crippen LogP contribution in [0.3, 0.4) is 0 Å². The molecule has 0 aliphatic carbocycles. The number of para-hydroxylation sites is 1. The zero-order valence-electron chi connectivity index (χ0n) is 8.91. The number of amides is 1. The van der Waals surface area contributed by atoms with Crippen LogP contribution in [-0.2, 0) is 4.79 Å². The number of nitrogens with two attached hydrogens (primary N) is 1. The van der Waals surface area contributed by atoms with Crippen molar-refractivity contribution in [3.05, 3.63) is 30.1 Å². The van der Waals surface area contributed by atoms with Crippen molar-refractivity contribution in [2.24, 2.45) is 5.73 Å². The lowest BCUT2D eigenvalue weighted by Gasteiger charge is -2.07. The van der Waals surface area contributed by atoms with Crippen molar-refractivity contribution in [1.29, 1.82) is 0 Å². The minimum absolute atomic E-state index is 0.0197. The van der Waals surface area contributed by atoms with Gasteiger partial charge in [-0.2, -0.15) is 0 Å². The maximum atomic E-state index is 13.1. The molecule has 0 aliphatic heterocycles. The molecule has 0 saturated heterocycles. The van der Waals surface area contributed by atoms with E-state index in [1.807, 2.05) is 0 Å². The second kappa shape index (κ2) is 6.79. The lowest BCUT2D eigenvalue weighted by atomic mass is 10.3. The van der Waals surface area contributed by atoms with Crippen LogP contribution in [0.2, 0.25) is 0 Å². The van der Waals surface area contributed by atoms with Gasteiger partial charge in [-0.3, -0.25) is 4.79 Å². The lowest BCUT2D eigenvalue weighted by molar-refractivity contribution is -0.119. The van der Waals surface area contributed by atoms with Crippen LogP contribution in [0.15, 0.2) is 24.3 Å². The number of carbonyl (C=O) groups is 1. The minimum atomic E-state index is -0.381. The summed E-state index contributed by atoms with van der Waals surface area (Å²) in [6, 6.07) is 6.21. The van der Waals surface area contributed by atoms with Crippen molar-refractivity contribution in [3.63, 3.8) is 0 Å². The van der Waals surface area contributed by atoms with E-state index in [4.69, 9.17) is 10.5 Å². The average Bonchev–Trinajstić information content (AvgIpc) is 2.30. The smallest absolute Gasteiger partial charge is 0.233 e. The Morgan fingerprint density at radius 2 is 2.19 bits per heavy atom. The molecule has 0 saturated carbocycles. The summed E-state index contributed by atoms with van der Waals surface area (Å²) in [5, 5.41) is 2.60. The number of carbonyl (C=O) groups excluding carboxylic acids is 1. The standard InChI is InChI=1S/C11H15FN2O2/c12-9-4-1-2-5-10(9)16-7-3-6-14-11(15)8-13/h1-2,4-5H,3,6-8,13H2,(H,14,15). The Morgan fingerprint density at radius 1 is 1.44 bits per heavy atom. The Morgan fingerprint density at radius 3 is 2.88 bits per heavy atom. The number of ether oxygens (including phenoxy) is 1. The van der Waals surface area contributed by atoms with Crippen molar-refractivity contribution in [1.82, 2.24) is 5.32 Å². The van der Waals surface area contributed by atoms with Crippen LogP contribution >= 0.6 is 0 Å². The Bertz CT molecular complexity index is 345. The van der Waals surface area contributed by atoms with Gasteiger partial charge in [-0.1, -0.05) is 12.1 Å². The summed E-state index contributed by atoms with van der Waals surface area (Å²) < 4.78 is 18.3. The Labute approximate surface area is 93.6 Å². The van der Waals surface area contributed by atoms with Crippen molar-refractivity contribution < 1.29 is 13.9 Å². The van der Waals surface area contributed by atoms with Gasteiger partial charge >= 0.3 is 0 Å². The molecular formula is C11H15FN2O2. The summed E-state index contributed by atoms with van der Waals surface area (Å²) in [5.74, 6) is -0.355. The van der Waals surface area contributed by atoms with E-state index in [0.29, 0.717) is 19.6 Å². The molecule has 0 aliphatic rings. The highest BCUT2D eigenvalue weighted by Gasteiger charge is 2.01. The molecule has 0 atom stereocenters. The molecule has 1 aromatic carbocycles. The number of rotatable bonds is 6. The molecule has 1 aromatic rings. The molecule has 0 unspecified atom stereocenters. The molecule has 4 nitrogen and oxygen atoms in total. The van der Waals surface area contributed by atoms with Gasteiger partial charge in [-0.25, -0.2) is 4.39 Å². The summed E-state index contributed by atoms with van der Waals surface area (Å²) in [5.41, 5.74) is 5.10. The normalized spacial score (nSPS) is 9.88. The minimum Gasteiger partial charge on any atom is -0.490 e. The first-order valence-electron chi connectivity index (χ1n) is 5.08. The predicted octanol–water partition coefficient (Wildman–Crippen LogP) is 0.670. The molecule has 1 rings (SSSR count). The summed E-state index contributed by atoms with van der Waals surface area (Å²) in [6.07, 6.45) is 0.611. The largest absolute Gasteiger partial charge is 0.490 e. The van der Waals surface area contributed by atoms with E-state index in [1.54, 1.807) is 18.2 Å². The van der Waals surface area contributed by atoms with Crippen molar-refractivity contribution in [2.75, 3.05) is 19.7 Å². The topological polar surface area (TPSA) is 64.4 Å². The molecule has 0 fully saturated rings. The first-order chi connectivity index (χ1) is 7.74. The number of hydrogen-bond donors (Lipinski definition) is 2. The molecule has 1 amide bonds. The van der Waals surface area contributed by atoms with Crippen LogP contribution in [0.1, 0.15) is 6.42 Å². The quantitative estimate of drug-likeness (QED) is 0.701. The maximum absolute atomic E-state index is 13.1. The van der Waals surface area contributed by atoms with Crippen LogP contribution in [0.5, 0.6) is 5.75 Å². The van der Waals surface area contributed by atoms with Gasteiger partial charge in [0.05, 0.1) is 13.2 Å². The predicted molar refractivity (Wildman–Crippen MR) is 58.6 cm³/mol. The third-order valence-electron chi connectivity index (χ3n) is 1.92. The maximum Gasteiger partial charge on any atom is 0.233 e. The SMILES string of the molecule is NCC(=O)NCCCOc1ccccc1F. The second-order valence-corrected chi connectivity index (χ2v) is 3.19. The second-order valence-electron chi connectivity index (χ2n) is 3.19. The molecule has 0 aromatic heterocycles. The van der Waals surface area contributed by atoms with Gasteiger partial charge in [0.2, 0.25) is 5.91 Å². The monoisotopic (exact) mass is 226 g/mol. The average molecular weight is 226 g/mol. The highest BCUT2D eigenvalue weighted by atomic mass is 19.1. The van der Waals surface area contributed by atoms with Crippen LogP contribution in [-0.4, -0.2) is 25.6 Å². The van der Waals surface area contributed by atoms with E-state index in [0.717, 1.165) is 0 Å². The number of halogens is 1. The molecular weight excluding hydrogens is 211 g/mol. The van der Waals surface area contributed by atoms with E-state index in [2.05, 4.69) is 5.32 Å². The molecule has 0 bridgehead atoms. The van der Waals surface area contributed by atoms with Gasteiger partial charge < -0.3 is 15.8 Å². The number of nitrogens with one attached hydrogen (secondary N) is 1. The fourth-order valence-electron chi connectivity index (χ4n) is 1.12. The lowest BCUT2D eigenvalue weighted by Crippen LogP contribution is -2.31. The molecule has 16 heavy (non-hydrogen) atoms. The van der Waals surface area contributed by atoms with Gasteiger partial charge in [-0.15, -0.1) is 0 Å². The van der Waals surface area contributed by atoms with E-state index in [-0.39, 0.29) is 24.0 Å². The van der Waals surface area contributed by atoms with Crippen LogP contribution in [0, 0.1) is 5.82 Å².